The highest BCUT2D eigenvalue weighted by Gasteiger charge is 2.12. The second-order valence-corrected chi connectivity index (χ2v) is 7.14. The molecule has 0 aliphatic rings. The molecule has 3 heterocycles. The van der Waals surface area contributed by atoms with Crippen LogP contribution in [0.5, 0.6) is 0 Å². The van der Waals surface area contributed by atoms with Crippen molar-refractivity contribution in [1.82, 2.24) is 10.3 Å². The lowest BCUT2D eigenvalue weighted by atomic mass is 10.3. The Morgan fingerprint density at radius 1 is 1.07 bits per heavy atom. The number of hydrogen-bond donors (Lipinski definition) is 1. The first-order valence-corrected chi connectivity index (χ1v) is 9.77. The number of carbonyl (C=O) groups excluding carboxylic acids is 2. The monoisotopic (exact) mass is 411 g/mol. The van der Waals surface area contributed by atoms with Crippen LogP contribution in [0.3, 0.4) is 0 Å². The molecular formula is C21H21N3O4S. The van der Waals surface area contributed by atoms with Gasteiger partial charge in [0.2, 0.25) is 5.91 Å². The van der Waals surface area contributed by atoms with Gasteiger partial charge in [0.1, 0.15) is 23.0 Å². The van der Waals surface area contributed by atoms with Crippen molar-refractivity contribution in [3.63, 3.8) is 0 Å². The summed E-state index contributed by atoms with van der Waals surface area (Å²) in [6, 6.07) is 7.25. The number of rotatable bonds is 7. The molecule has 3 aromatic rings. The Balaban J connectivity index is 1.51. The second-order valence-electron chi connectivity index (χ2n) is 6.30. The average Bonchev–Trinajstić information content (AvgIpc) is 3.43. The standard InChI is InChI=1S/C21H21N3O4S/c1-14-4-6-17(27-14)8-10-19(25)22-12-16-13-29-21(23-16)24(3)20(26)11-9-18-7-5-15(2)28-18/h4-11,13H,12H2,1-3H3,(H,22,25). The van der Waals surface area contributed by atoms with Gasteiger partial charge in [0.15, 0.2) is 5.13 Å². The highest BCUT2D eigenvalue weighted by molar-refractivity contribution is 7.14. The van der Waals surface area contributed by atoms with Gasteiger partial charge in [-0.25, -0.2) is 4.98 Å². The Hall–Kier alpha value is -3.39. The van der Waals surface area contributed by atoms with Crippen LogP contribution in [0.25, 0.3) is 12.2 Å². The molecule has 29 heavy (non-hydrogen) atoms. The molecular weight excluding hydrogens is 390 g/mol. The normalized spacial score (nSPS) is 11.4. The summed E-state index contributed by atoms with van der Waals surface area (Å²) in [6.07, 6.45) is 6.06. The van der Waals surface area contributed by atoms with Crippen LogP contribution in [0, 0.1) is 13.8 Å². The molecule has 0 bridgehead atoms. The van der Waals surface area contributed by atoms with Gasteiger partial charge in [-0.3, -0.25) is 14.5 Å². The lowest BCUT2D eigenvalue weighted by Crippen LogP contribution is -2.24. The maximum atomic E-state index is 12.3. The number of hydrogen-bond acceptors (Lipinski definition) is 6. The van der Waals surface area contributed by atoms with Gasteiger partial charge in [-0.15, -0.1) is 11.3 Å². The molecule has 0 atom stereocenters. The van der Waals surface area contributed by atoms with E-state index in [1.807, 2.05) is 26.0 Å². The van der Waals surface area contributed by atoms with E-state index < -0.39 is 0 Å². The van der Waals surface area contributed by atoms with Crippen LogP contribution >= 0.6 is 11.3 Å². The molecule has 0 unspecified atom stereocenters. The van der Waals surface area contributed by atoms with E-state index in [1.54, 1.807) is 36.7 Å². The van der Waals surface area contributed by atoms with E-state index in [2.05, 4.69) is 10.3 Å². The number of thiazole rings is 1. The van der Waals surface area contributed by atoms with Gasteiger partial charge in [0, 0.05) is 24.6 Å². The van der Waals surface area contributed by atoms with E-state index >= 15 is 0 Å². The summed E-state index contributed by atoms with van der Waals surface area (Å²) in [5, 5.41) is 5.10. The molecule has 8 heteroatoms. The van der Waals surface area contributed by atoms with Gasteiger partial charge in [0.25, 0.3) is 5.91 Å². The quantitative estimate of drug-likeness (QED) is 0.595. The molecule has 3 rings (SSSR count). The second kappa shape index (κ2) is 9.20. The molecule has 150 valence electrons. The third-order valence-electron chi connectivity index (χ3n) is 3.91. The fraction of sp³-hybridized carbons (Fsp3) is 0.190. The molecule has 0 saturated heterocycles. The summed E-state index contributed by atoms with van der Waals surface area (Å²) < 4.78 is 10.8. The molecule has 3 aromatic heterocycles. The van der Waals surface area contributed by atoms with E-state index in [0.717, 1.165) is 11.5 Å². The number of likely N-dealkylation sites (N-methyl/N-ethyl adjacent to an activating group) is 1. The number of nitrogens with zero attached hydrogens (tertiary/aromatic N) is 2. The molecule has 0 aliphatic heterocycles. The molecule has 1 N–H and O–H groups in total. The van der Waals surface area contributed by atoms with Crippen molar-refractivity contribution in [3.8, 4) is 0 Å². The minimum absolute atomic E-state index is 0.222. The summed E-state index contributed by atoms with van der Waals surface area (Å²) in [7, 11) is 1.65. The lowest BCUT2D eigenvalue weighted by Gasteiger charge is -2.10. The zero-order valence-corrected chi connectivity index (χ0v) is 17.2. The zero-order chi connectivity index (χ0) is 20.8. The van der Waals surface area contributed by atoms with Gasteiger partial charge >= 0.3 is 0 Å². The first-order valence-electron chi connectivity index (χ1n) is 8.89. The van der Waals surface area contributed by atoms with E-state index in [4.69, 9.17) is 8.83 Å². The van der Waals surface area contributed by atoms with E-state index in [-0.39, 0.29) is 18.4 Å². The summed E-state index contributed by atoms with van der Waals surface area (Å²) in [6.45, 7) is 3.95. The van der Waals surface area contributed by atoms with Crippen molar-refractivity contribution >= 4 is 40.4 Å². The van der Waals surface area contributed by atoms with Crippen molar-refractivity contribution in [2.75, 3.05) is 11.9 Å². The van der Waals surface area contributed by atoms with Gasteiger partial charge in [-0.2, -0.15) is 0 Å². The number of amides is 2. The van der Waals surface area contributed by atoms with Crippen LogP contribution in [0.15, 0.2) is 50.6 Å². The fourth-order valence-corrected chi connectivity index (χ4v) is 3.17. The molecule has 2 amide bonds. The SMILES string of the molecule is Cc1ccc(C=CC(=O)NCc2csc(N(C)C(=O)C=Cc3ccc(C)o3)n2)o1. The van der Waals surface area contributed by atoms with E-state index in [1.165, 1.54) is 28.4 Å². The van der Waals surface area contributed by atoms with Crippen LogP contribution in [0.1, 0.15) is 28.7 Å². The van der Waals surface area contributed by atoms with Crippen molar-refractivity contribution < 1.29 is 18.4 Å². The highest BCUT2D eigenvalue weighted by Crippen LogP contribution is 2.20. The zero-order valence-electron chi connectivity index (χ0n) is 16.3. The van der Waals surface area contributed by atoms with Crippen LogP contribution in [0.4, 0.5) is 5.13 Å². The maximum absolute atomic E-state index is 12.3. The summed E-state index contributed by atoms with van der Waals surface area (Å²) >= 11 is 1.33. The van der Waals surface area contributed by atoms with Crippen molar-refractivity contribution in [2.45, 2.75) is 20.4 Å². The minimum Gasteiger partial charge on any atom is -0.462 e. The number of aryl methyl sites for hydroxylation is 2. The summed E-state index contributed by atoms with van der Waals surface area (Å²) in [5.41, 5.74) is 0.672. The highest BCUT2D eigenvalue weighted by atomic mass is 32.1. The number of furan rings is 2. The predicted octanol–water partition coefficient (Wildman–Crippen LogP) is 3.95. The Kier molecular flexibility index (Phi) is 6.46. The third-order valence-corrected chi connectivity index (χ3v) is 4.88. The van der Waals surface area contributed by atoms with Gasteiger partial charge in [0.05, 0.1) is 12.2 Å². The Morgan fingerprint density at radius 3 is 2.28 bits per heavy atom. The van der Waals surface area contributed by atoms with Crippen molar-refractivity contribution in [3.05, 3.63) is 70.5 Å². The fourth-order valence-electron chi connectivity index (χ4n) is 2.37. The molecule has 0 aromatic carbocycles. The summed E-state index contributed by atoms with van der Waals surface area (Å²) in [5.74, 6) is 2.32. The Labute approximate surface area is 172 Å². The first-order chi connectivity index (χ1) is 13.9. The van der Waals surface area contributed by atoms with E-state index in [9.17, 15) is 9.59 Å². The number of anilines is 1. The van der Waals surface area contributed by atoms with Crippen LogP contribution in [-0.2, 0) is 16.1 Å². The number of carbonyl (C=O) groups is 2. The maximum Gasteiger partial charge on any atom is 0.252 e. The Morgan fingerprint density at radius 2 is 1.69 bits per heavy atom. The summed E-state index contributed by atoms with van der Waals surface area (Å²) in [4.78, 5) is 30.1. The predicted molar refractivity (Wildman–Crippen MR) is 112 cm³/mol. The first kappa shape index (κ1) is 20.3. The number of nitrogens with one attached hydrogen (secondary N) is 1. The van der Waals surface area contributed by atoms with Crippen LogP contribution < -0.4 is 10.2 Å². The largest absolute Gasteiger partial charge is 0.462 e. The van der Waals surface area contributed by atoms with Crippen LogP contribution in [-0.4, -0.2) is 23.8 Å². The molecule has 0 fully saturated rings. The van der Waals surface area contributed by atoms with Gasteiger partial charge in [-0.1, -0.05) is 0 Å². The van der Waals surface area contributed by atoms with Gasteiger partial charge in [-0.05, 0) is 50.3 Å². The topological polar surface area (TPSA) is 88.6 Å². The van der Waals surface area contributed by atoms with Crippen molar-refractivity contribution in [1.29, 1.82) is 0 Å². The molecule has 0 radical (unpaired) electrons. The average molecular weight is 411 g/mol. The van der Waals surface area contributed by atoms with E-state index in [0.29, 0.717) is 22.3 Å². The third kappa shape index (κ3) is 5.79. The molecule has 0 spiro atoms. The molecule has 0 saturated carbocycles. The van der Waals surface area contributed by atoms with Crippen LogP contribution in [0.2, 0.25) is 0 Å². The lowest BCUT2D eigenvalue weighted by molar-refractivity contribution is -0.116. The minimum atomic E-state index is -0.255. The van der Waals surface area contributed by atoms with Crippen molar-refractivity contribution in [2.24, 2.45) is 0 Å². The number of aromatic nitrogens is 1. The van der Waals surface area contributed by atoms with Gasteiger partial charge < -0.3 is 14.2 Å². The molecule has 7 nitrogen and oxygen atoms in total. The Bertz CT molecular complexity index is 1060. The smallest absolute Gasteiger partial charge is 0.252 e. The molecule has 0 aliphatic carbocycles.